The van der Waals surface area contributed by atoms with Crippen molar-refractivity contribution in [1.82, 2.24) is 0 Å². The molecular formula is C20H25F3O4. The summed E-state index contributed by atoms with van der Waals surface area (Å²) in [6, 6.07) is 4.31. The first-order valence-electron chi connectivity index (χ1n) is 9.12. The van der Waals surface area contributed by atoms with Crippen LogP contribution in [0.15, 0.2) is 24.3 Å². The van der Waals surface area contributed by atoms with E-state index in [1.165, 1.54) is 12.1 Å². The maximum absolute atomic E-state index is 13.0. The molecule has 1 aliphatic rings. The van der Waals surface area contributed by atoms with Crippen molar-refractivity contribution < 1.29 is 32.2 Å². The van der Waals surface area contributed by atoms with Crippen molar-refractivity contribution in [1.29, 1.82) is 0 Å². The summed E-state index contributed by atoms with van der Waals surface area (Å²) in [5.74, 6) is -0.933. The fraction of sp³-hybridized carbons (Fsp3) is 0.600. The van der Waals surface area contributed by atoms with Gasteiger partial charge < -0.3 is 9.47 Å². The molecule has 27 heavy (non-hydrogen) atoms. The molecule has 0 amide bonds. The Balaban J connectivity index is 1.96. The molecule has 0 bridgehead atoms. The predicted molar refractivity (Wildman–Crippen MR) is 92.9 cm³/mol. The van der Waals surface area contributed by atoms with E-state index < -0.39 is 35.8 Å². The fourth-order valence-electron chi connectivity index (χ4n) is 3.56. The van der Waals surface area contributed by atoms with Crippen LogP contribution in [0.3, 0.4) is 0 Å². The highest BCUT2D eigenvalue weighted by Gasteiger charge is 2.36. The number of carbonyl (C=O) groups is 2. The van der Waals surface area contributed by atoms with E-state index >= 15 is 0 Å². The topological polar surface area (TPSA) is 52.6 Å². The van der Waals surface area contributed by atoms with Gasteiger partial charge in [-0.25, -0.2) is 9.59 Å². The number of carbonyl (C=O) groups excluding carboxylic acids is 2. The molecule has 0 saturated heterocycles. The second-order valence-electron chi connectivity index (χ2n) is 7.47. The van der Waals surface area contributed by atoms with Gasteiger partial charge in [-0.3, -0.25) is 0 Å². The highest BCUT2D eigenvalue weighted by atomic mass is 19.4. The number of benzene rings is 1. The molecule has 0 aliphatic heterocycles. The quantitative estimate of drug-likeness (QED) is 0.678. The molecule has 3 atom stereocenters. The third kappa shape index (κ3) is 5.71. The smallest absolute Gasteiger partial charge is 0.417 e. The molecule has 1 aromatic rings. The molecule has 0 N–H and O–H groups in total. The number of ether oxygens (including phenoxy) is 2. The van der Waals surface area contributed by atoms with Crippen molar-refractivity contribution in [2.75, 3.05) is 6.61 Å². The molecule has 4 nitrogen and oxygen atoms in total. The second kappa shape index (κ2) is 8.76. The lowest BCUT2D eigenvalue weighted by atomic mass is 9.75. The summed E-state index contributed by atoms with van der Waals surface area (Å²) in [5, 5.41) is 0. The summed E-state index contributed by atoms with van der Waals surface area (Å²) in [6.07, 6.45) is -2.18. The third-order valence-corrected chi connectivity index (χ3v) is 5.02. The molecule has 0 radical (unpaired) electrons. The summed E-state index contributed by atoms with van der Waals surface area (Å²) in [7, 11) is 0. The van der Waals surface area contributed by atoms with E-state index in [4.69, 9.17) is 9.47 Å². The molecule has 0 heterocycles. The van der Waals surface area contributed by atoms with Crippen LogP contribution in [0.4, 0.5) is 13.2 Å². The van der Waals surface area contributed by atoms with E-state index in [-0.39, 0.29) is 12.0 Å². The Morgan fingerprint density at radius 1 is 1.19 bits per heavy atom. The molecule has 2 rings (SSSR count). The zero-order valence-electron chi connectivity index (χ0n) is 15.7. The van der Waals surface area contributed by atoms with Gasteiger partial charge >= 0.3 is 18.1 Å². The zero-order valence-corrected chi connectivity index (χ0v) is 15.7. The SMILES string of the molecule is CC(C)[C@@H]1CC[C@@H](C)C[C@H]1OC(=O)COC(=O)c1ccccc1C(F)(F)F. The van der Waals surface area contributed by atoms with E-state index in [0.29, 0.717) is 11.8 Å². The molecule has 0 aromatic heterocycles. The first-order chi connectivity index (χ1) is 12.6. The van der Waals surface area contributed by atoms with Crippen LogP contribution in [0.1, 0.15) is 56.0 Å². The molecule has 1 aromatic carbocycles. The van der Waals surface area contributed by atoms with Gasteiger partial charge in [-0.15, -0.1) is 0 Å². The second-order valence-corrected chi connectivity index (χ2v) is 7.47. The lowest BCUT2D eigenvalue weighted by Gasteiger charge is -2.36. The van der Waals surface area contributed by atoms with Crippen LogP contribution in [0.2, 0.25) is 0 Å². The molecule has 0 unspecified atom stereocenters. The van der Waals surface area contributed by atoms with Crippen molar-refractivity contribution in [3.05, 3.63) is 35.4 Å². The van der Waals surface area contributed by atoms with Crippen LogP contribution in [0.25, 0.3) is 0 Å². The normalized spacial score (nSPS) is 23.1. The van der Waals surface area contributed by atoms with Crippen molar-refractivity contribution in [3.8, 4) is 0 Å². The van der Waals surface area contributed by atoms with Crippen LogP contribution in [-0.2, 0) is 20.4 Å². The number of halogens is 3. The van der Waals surface area contributed by atoms with Gasteiger partial charge in [0.05, 0.1) is 11.1 Å². The lowest BCUT2D eigenvalue weighted by Crippen LogP contribution is -2.36. The Morgan fingerprint density at radius 2 is 1.85 bits per heavy atom. The van der Waals surface area contributed by atoms with Crippen molar-refractivity contribution >= 4 is 11.9 Å². The summed E-state index contributed by atoms with van der Waals surface area (Å²) in [4.78, 5) is 24.1. The van der Waals surface area contributed by atoms with Gasteiger partial charge in [0.1, 0.15) is 6.10 Å². The Hall–Kier alpha value is -2.05. The largest absolute Gasteiger partial charge is 0.460 e. The molecule has 0 spiro atoms. The van der Waals surface area contributed by atoms with Gasteiger partial charge in [0.2, 0.25) is 0 Å². The van der Waals surface area contributed by atoms with Crippen molar-refractivity contribution in [3.63, 3.8) is 0 Å². The van der Waals surface area contributed by atoms with Gasteiger partial charge in [-0.1, -0.05) is 39.3 Å². The summed E-state index contributed by atoms with van der Waals surface area (Å²) < 4.78 is 49.2. The predicted octanol–water partition coefficient (Wildman–Crippen LogP) is 4.87. The minimum absolute atomic E-state index is 0.229. The molecular weight excluding hydrogens is 361 g/mol. The molecule has 7 heteroatoms. The fourth-order valence-corrected chi connectivity index (χ4v) is 3.56. The maximum atomic E-state index is 13.0. The highest BCUT2D eigenvalue weighted by Crippen LogP contribution is 2.35. The van der Waals surface area contributed by atoms with Crippen molar-refractivity contribution in [2.45, 2.75) is 52.3 Å². The molecule has 150 valence electrons. The standard InChI is InChI=1S/C20H25F3O4/c1-12(2)14-9-8-13(3)10-17(14)27-18(24)11-26-19(25)15-6-4-5-7-16(15)20(21,22)23/h4-7,12-14,17H,8-11H2,1-3H3/t13-,14+,17-/m1/s1. The summed E-state index contributed by atoms with van der Waals surface area (Å²) >= 11 is 0. The molecule has 1 saturated carbocycles. The Labute approximate surface area is 157 Å². The van der Waals surface area contributed by atoms with Gasteiger partial charge in [0.25, 0.3) is 0 Å². The molecule has 1 fully saturated rings. The van der Waals surface area contributed by atoms with Crippen LogP contribution in [0, 0.1) is 17.8 Å². The maximum Gasteiger partial charge on any atom is 0.417 e. The number of hydrogen-bond acceptors (Lipinski definition) is 4. The van der Waals surface area contributed by atoms with Gasteiger partial charge in [-0.2, -0.15) is 13.2 Å². The molecule has 1 aliphatic carbocycles. The zero-order chi connectivity index (χ0) is 20.2. The van der Waals surface area contributed by atoms with Crippen LogP contribution >= 0.6 is 0 Å². The summed E-state index contributed by atoms with van der Waals surface area (Å²) in [5.41, 5.74) is -1.71. The van der Waals surface area contributed by atoms with Crippen LogP contribution < -0.4 is 0 Å². The number of esters is 2. The van der Waals surface area contributed by atoms with Gasteiger partial charge in [-0.05, 0) is 42.7 Å². The van der Waals surface area contributed by atoms with Crippen molar-refractivity contribution in [2.24, 2.45) is 17.8 Å². The Kier molecular flexibility index (Phi) is 6.89. The van der Waals surface area contributed by atoms with Gasteiger partial charge in [0.15, 0.2) is 6.61 Å². The number of alkyl halides is 3. The lowest BCUT2D eigenvalue weighted by molar-refractivity contribution is -0.159. The number of hydrogen-bond donors (Lipinski definition) is 0. The Morgan fingerprint density at radius 3 is 2.48 bits per heavy atom. The first-order valence-corrected chi connectivity index (χ1v) is 9.12. The average molecular weight is 386 g/mol. The summed E-state index contributed by atoms with van der Waals surface area (Å²) in [6.45, 7) is 5.51. The minimum Gasteiger partial charge on any atom is -0.460 e. The van der Waals surface area contributed by atoms with E-state index in [1.807, 2.05) is 0 Å². The minimum atomic E-state index is -4.68. The van der Waals surface area contributed by atoms with E-state index in [0.717, 1.165) is 31.4 Å². The van der Waals surface area contributed by atoms with Gasteiger partial charge in [0, 0.05) is 0 Å². The van der Waals surface area contributed by atoms with E-state index in [1.54, 1.807) is 0 Å². The monoisotopic (exact) mass is 386 g/mol. The third-order valence-electron chi connectivity index (χ3n) is 5.02. The van der Waals surface area contributed by atoms with E-state index in [2.05, 4.69) is 20.8 Å². The van der Waals surface area contributed by atoms with Crippen LogP contribution in [-0.4, -0.2) is 24.6 Å². The highest BCUT2D eigenvalue weighted by molar-refractivity contribution is 5.92. The first kappa shape index (κ1) is 21.3. The Bertz CT molecular complexity index is 669. The average Bonchev–Trinajstić information content (AvgIpc) is 2.58. The van der Waals surface area contributed by atoms with E-state index in [9.17, 15) is 22.8 Å². The number of rotatable bonds is 5. The van der Waals surface area contributed by atoms with Crippen LogP contribution in [0.5, 0.6) is 0 Å².